The lowest BCUT2D eigenvalue weighted by atomic mass is 9.89. The van der Waals surface area contributed by atoms with Gasteiger partial charge in [0.15, 0.2) is 0 Å². The van der Waals surface area contributed by atoms with Crippen LogP contribution in [0, 0.1) is 0 Å². The van der Waals surface area contributed by atoms with Crippen molar-refractivity contribution in [3.05, 3.63) is 28.8 Å². The lowest BCUT2D eigenvalue weighted by Crippen LogP contribution is -2.28. The largest absolute Gasteiger partial charge is 0.534 e. The van der Waals surface area contributed by atoms with Crippen LogP contribution in [0.15, 0.2) is 12.1 Å². The van der Waals surface area contributed by atoms with Crippen LogP contribution in [0.5, 0.6) is 5.75 Å². The zero-order valence-corrected chi connectivity index (χ0v) is 13.1. The van der Waals surface area contributed by atoms with Gasteiger partial charge in [-0.1, -0.05) is 0 Å². The van der Waals surface area contributed by atoms with E-state index in [1.165, 1.54) is 6.07 Å². The minimum absolute atomic E-state index is 0.0279. The molecule has 0 aliphatic heterocycles. The molecule has 0 unspecified atom stereocenters. The van der Waals surface area contributed by atoms with Crippen LogP contribution in [0.25, 0.3) is 0 Å². The van der Waals surface area contributed by atoms with E-state index in [-0.39, 0.29) is 12.2 Å². The third kappa shape index (κ3) is 3.77. The van der Waals surface area contributed by atoms with Gasteiger partial charge in [0, 0.05) is 0 Å². The van der Waals surface area contributed by atoms with Crippen molar-refractivity contribution in [2.75, 3.05) is 6.61 Å². The fourth-order valence-electron chi connectivity index (χ4n) is 2.40. The van der Waals surface area contributed by atoms with Crippen LogP contribution in [-0.4, -0.2) is 26.5 Å². The van der Waals surface area contributed by atoms with Crippen molar-refractivity contribution in [1.29, 1.82) is 0 Å². The molecule has 2 rings (SSSR count). The lowest BCUT2D eigenvalue weighted by Gasteiger charge is -2.20. The topological polar surface area (TPSA) is 69.7 Å². The summed E-state index contributed by atoms with van der Waals surface area (Å²) in [6.07, 6.45) is 2.42. The standard InChI is InChI=1S/C14H15F3O5S/c1-2-21-13(18)10-7-9-5-3-4-6-11(9)12(8-10)22-23(19,20)14(15,16)17/h7-8H,2-6H2,1H3. The van der Waals surface area contributed by atoms with Gasteiger partial charge in [0.2, 0.25) is 0 Å². The van der Waals surface area contributed by atoms with Gasteiger partial charge in [-0.3, -0.25) is 0 Å². The van der Waals surface area contributed by atoms with Crippen molar-refractivity contribution < 1.29 is 35.3 Å². The molecule has 0 heterocycles. The molecule has 0 N–H and O–H groups in total. The highest BCUT2D eigenvalue weighted by Gasteiger charge is 2.49. The molecule has 0 saturated carbocycles. The highest BCUT2D eigenvalue weighted by Crippen LogP contribution is 2.35. The highest BCUT2D eigenvalue weighted by atomic mass is 32.2. The number of aryl methyl sites for hydroxylation is 1. The van der Waals surface area contributed by atoms with Crippen molar-refractivity contribution in [2.24, 2.45) is 0 Å². The summed E-state index contributed by atoms with van der Waals surface area (Å²) < 4.78 is 69.2. The molecular formula is C14H15F3O5S. The average molecular weight is 352 g/mol. The van der Waals surface area contributed by atoms with E-state index in [0.717, 1.165) is 12.5 Å². The number of ether oxygens (including phenoxy) is 1. The second-order valence-electron chi connectivity index (χ2n) is 5.02. The number of halogens is 3. The molecule has 0 radical (unpaired) electrons. The summed E-state index contributed by atoms with van der Waals surface area (Å²) in [7, 11) is -5.79. The minimum atomic E-state index is -5.79. The van der Waals surface area contributed by atoms with Crippen molar-refractivity contribution in [3.63, 3.8) is 0 Å². The number of hydrogen-bond acceptors (Lipinski definition) is 5. The Morgan fingerprint density at radius 1 is 1.22 bits per heavy atom. The Balaban J connectivity index is 2.49. The Kier molecular flexibility index (Phi) is 4.88. The zero-order chi connectivity index (χ0) is 17.3. The van der Waals surface area contributed by atoms with E-state index in [1.54, 1.807) is 6.92 Å². The first kappa shape index (κ1) is 17.6. The average Bonchev–Trinajstić information content (AvgIpc) is 2.46. The Bertz CT molecular complexity index is 710. The zero-order valence-electron chi connectivity index (χ0n) is 12.3. The molecule has 0 saturated heterocycles. The number of carbonyl (C=O) groups excluding carboxylic acids is 1. The van der Waals surface area contributed by atoms with Crippen LogP contribution in [0.3, 0.4) is 0 Å². The highest BCUT2D eigenvalue weighted by molar-refractivity contribution is 7.88. The van der Waals surface area contributed by atoms with E-state index in [4.69, 9.17) is 4.74 Å². The van der Waals surface area contributed by atoms with Gasteiger partial charge in [-0.25, -0.2) is 4.79 Å². The fourth-order valence-corrected chi connectivity index (χ4v) is 2.88. The molecule has 0 aromatic heterocycles. The Labute approximate surface area is 131 Å². The normalized spacial score (nSPS) is 15.0. The number of carbonyl (C=O) groups is 1. The molecule has 1 aromatic rings. The molecule has 0 fully saturated rings. The van der Waals surface area contributed by atoms with E-state index in [1.807, 2.05) is 0 Å². The van der Waals surface area contributed by atoms with E-state index in [2.05, 4.69) is 4.18 Å². The molecular weight excluding hydrogens is 337 g/mol. The number of hydrogen-bond donors (Lipinski definition) is 0. The predicted molar refractivity (Wildman–Crippen MR) is 74.6 cm³/mol. The van der Waals surface area contributed by atoms with Gasteiger partial charge in [0.25, 0.3) is 0 Å². The molecule has 9 heteroatoms. The quantitative estimate of drug-likeness (QED) is 0.473. The van der Waals surface area contributed by atoms with Crippen LogP contribution in [0.4, 0.5) is 13.2 Å². The number of fused-ring (bicyclic) bond motifs is 1. The Morgan fingerprint density at radius 2 is 1.87 bits per heavy atom. The summed E-state index contributed by atoms with van der Waals surface area (Å²) in [5, 5.41) is 0. The predicted octanol–water partition coefficient (Wildman–Crippen LogP) is 2.97. The second-order valence-corrected chi connectivity index (χ2v) is 6.56. The SMILES string of the molecule is CCOC(=O)c1cc2c(c(OS(=O)(=O)C(F)(F)F)c1)CCCC2. The smallest absolute Gasteiger partial charge is 0.462 e. The summed E-state index contributed by atoms with van der Waals surface area (Å²) in [6, 6.07) is 2.50. The lowest BCUT2D eigenvalue weighted by molar-refractivity contribution is -0.0500. The molecule has 23 heavy (non-hydrogen) atoms. The first-order valence-corrected chi connectivity index (χ1v) is 8.40. The number of esters is 1. The maximum Gasteiger partial charge on any atom is 0.534 e. The van der Waals surface area contributed by atoms with Gasteiger partial charge >= 0.3 is 21.6 Å². The van der Waals surface area contributed by atoms with Crippen molar-refractivity contribution >= 4 is 16.1 Å². The first-order valence-electron chi connectivity index (χ1n) is 6.99. The maximum absolute atomic E-state index is 12.5. The van der Waals surface area contributed by atoms with Crippen molar-refractivity contribution in [2.45, 2.75) is 38.1 Å². The number of benzene rings is 1. The van der Waals surface area contributed by atoms with E-state index < -0.39 is 27.3 Å². The van der Waals surface area contributed by atoms with Crippen LogP contribution in [0.2, 0.25) is 0 Å². The summed E-state index contributed by atoms with van der Waals surface area (Å²) >= 11 is 0. The molecule has 1 aliphatic rings. The number of rotatable bonds is 4. The molecule has 0 amide bonds. The second kappa shape index (κ2) is 6.38. The molecule has 1 aromatic carbocycles. The summed E-state index contributed by atoms with van der Waals surface area (Å²) in [5.41, 5.74) is -4.57. The molecule has 0 bridgehead atoms. The fraction of sp³-hybridized carbons (Fsp3) is 0.500. The van der Waals surface area contributed by atoms with Crippen LogP contribution >= 0.6 is 0 Å². The van der Waals surface area contributed by atoms with Gasteiger partial charge in [0.1, 0.15) is 5.75 Å². The van der Waals surface area contributed by atoms with Gasteiger partial charge in [-0.2, -0.15) is 21.6 Å². The van der Waals surface area contributed by atoms with Crippen LogP contribution in [-0.2, 0) is 27.7 Å². The molecule has 5 nitrogen and oxygen atoms in total. The van der Waals surface area contributed by atoms with Gasteiger partial charge in [-0.15, -0.1) is 0 Å². The van der Waals surface area contributed by atoms with Gasteiger partial charge < -0.3 is 8.92 Å². The maximum atomic E-state index is 12.5. The molecule has 1 aliphatic carbocycles. The van der Waals surface area contributed by atoms with E-state index in [0.29, 0.717) is 30.4 Å². The number of alkyl halides is 3. The summed E-state index contributed by atoms with van der Waals surface area (Å²) in [6.45, 7) is 1.68. The summed E-state index contributed by atoms with van der Waals surface area (Å²) in [5.74, 6) is -1.20. The van der Waals surface area contributed by atoms with Crippen LogP contribution in [0.1, 0.15) is 41.3 Å². The first-order chi connectivity index (χ1) is 10.7. The molecule has 128 valence electrons. The monoisotopic (exact) mass is 352 g/mol. The van der Waals surface area contributed by atoms with E-state index in [9.17, 15) is 26.4 Å². The minimum Gasteiger partial charge on any atom is -0.462 e. The van der Waals surface area contributed by atoms with Gasteiger partial charge in [-0.05, 0) is 55.9 Å². The third-order valence-corrected chi connectivity index (χ3v) is 4.38. The summed E-state index contributed by atoms with van der Waals surface area (Å²) in [4.78, 5) is 11.8. The third-order valence-electron chi connectivity index (χ3n) is 3.42. The van der Waals surface area contributed by atoms with E-state index >= 15 is 0 Å². The van der Waals surface area contributed by atoms with Crippen LogP contribution < -0.4 is 4.18 Å². The molecule has 0 atom stereocenters. The Morgan fingerprint density at radius 3 is 2.48 bits per heavy atom. The van der Waals surface area contributed by atoms with Crippen molar-refractivity contribution in [3.8, 4) is 5.75 Å². The van der Waals surface area contributed by atoms with Crippen molar-refractivity contribution in [1.82, 2.24) is 0 Å². The Hall–Kier alpha value is -1.77. The van der Waals surface area contributed by atoms with Gasteiger partial charge in [0.05, 0.1) is 12.2 Å². The molecule has 0 spiro atoms.